The van der Waals surface area contributed by atoms with Crippen LogP contribution in [0.4, 0.5) is 0 Å². The van der Waals surface area contributed by atoms with Crippen LogP contribution in [0.3, 0.4) is 0 Å². The Morgan fingerprint density at radius 2 is 1.95 bits per heavy atom. The zero-order valence-corrected chi connectivity index (χ0v) is 12.9. The first-order chi connectivity index (χ1) is 9.78. The SMILES string of the molecule is CCOC(C1CC1)C(CCc1ccc(OC)cc1)NC. The maximum atomic E-state index is 5.96. The number of aryl methyl sites for hydroxylation is 1. The van der Waals surface area contributed by atoms with Gasteiger partial charge < -0.3 is 14.8 Å². The molecule has 2 rings (SSSR count). The molecule has 2 unspecified atom stereocenters. The average molecular weight is 277 g/mol. The Labute approximate surface area is 122 Å². The largest absolute Gasteiger partial charge is 0.497 e. The molecule has 0 radical (unpaired) electrons. The summed E-state index contributed by atoms with van der Waals surface area (Å²) < 4.78 is 11.2. The van der Waals surface area contributed by atoms with Gasteiger partial charge in [-0.25, -0.2) is 0 Å². The van der Waals surface area contributed by atoms with Gasteiger partial charge in [0.05, 0.1) is 13.2 Å². The molecule has 20 heavy (non-hydrogen) atoms. The summed E-state index contributed by atoms with van der Waals surface area (Å²) in [6.45, 7) is 2.90. The van der Waals surface area contributed by atoms with Gasteiger partial charge >= 0.3 is 0 Å². The molecule has 1 aromatic carbocycles. The fraction of sp³-hybridized carbons (Fsp3) is 0.647. The van der Waals surface area contributed by atoms with E-state index in [1.807, 2.05) is 19.2 Å². The predicted octanol–water partition coefficient (Wildman–Crippen LogP) is 3.03. The average Bonchev–Trinajstić information content (AvgIpc) is 3.32. The summed E-state index contributed by atoms with van der Waals surface area (Å²) in [5.74, 6) is 1.69. The normalized spacial score (nSPS) is 17.8. The summed E-state index contributed by atoms with van der Waals surface area (Å²) in [6.07, 6.45) is 5.22. The number of hydrogen-bond donors (Lipinski definition) is 1. The van der Waals surface area contributed by atoms with E-state index in [0.29, 0.717) is 12.1 Å². The number of benzene rings is 1. The Morgan fingerprint density at radius 3 is 2.45 bits per heavy atom. The molecule has 0 bridgehead atoms. The molecule has 3 nitrogen and oxygen atoms in total. The summed E-state index contributed by atoms with van der Waals surface area (Å²) in [7, 11) is 3.75. The van der Waals surface area contributed by atoms with Crippen molar-refractivity contribution >= 4 is 0 Å². The van der Waals surface area contributed by atoms with Crippen molar-refractivity contribution in [3.63, 3.8) is 0 Å². The molecule has 1 saturated carbocycles. The van der Waals surface area contributed by atoms with Crippen LogP contribution >= 0.6 is 0 Å². The van der Waals surface area contributed by atoms with Gasteiger partial charge in [0.15, 0.2) is 0 Å². The molecule has 112 valence electrons. The van der Waals surface area contributed by atoms with Crippen LogP contribution in [0.15, 0.2) is 24.3 Å². The molecule has 3 heteroatoms. The molecule has 2 atom stereocenters. The van der Waals surface area contributed by atoms with Gasteiger partial charge in [-0.05, 0) is 63.3 Å². The molecule has 0 aliphatic heterocycles. The second kappa shape index (κ2) is 7.65. The fourth-order valence-corrected chi connectivity index (χ4v) is 2.79. The second-order valence-corrected chi connectivity index (χ2v) is 5.54. The molecule has 1 aliphatic rings. The van der Waals surface area contributed by atoms with Crippen molar-refractivity contribution in [2.24, 2.45) is 5.92 Å². The molecule has 1 N–H and O–H groups in total. The van der Waals surface area contributed by atoms with E-state index in [1.54, 1.807) is 7.11 Å². The maximum absolute atomic E-state index is 5.96. The van der Waals surface area contributed by atoms with E-state index in [-0.39, 0.29) is 0 Å². The minimum absolute atomic E-state index is 0.378. The van der Waals surface area contributed by atoms with Crippen LogP contribution in [0.5, 0.6) is 5.75 Å². The number of methoxy groups -OCH3 is 1. The van der Waals surface area contributed by atoms with Crippen molar-refractivity contribution < 1.29 is 9.47 Å². The van der Waals surface area contributed by atoms with Crippen LogP contribution in [0.2, 0.25) is 0 Å². The fourth-order valence-electron chi connectivity index (χ4n) is 2.79. The molecule has 0 heterocycles. The highest BCUT2D eigenvalue weighted by Gasteiger charge is 2.36. The van der Waals surface area contributed by atoms with Crippen molar-refractivity contribution in [1.29, 1.82) is 0 Å². The third-order valence-electron chi connectivity index (χ3n) is 4.12. The predicted molar refractivity (Wildman–Crippen MR) is 82.3 cm³/mol. The van der Waals surface area contributed by atoms with Crippen LogP contribution in [-0.4, -0.2) is 32.9 Å². The highest BCUT2D eigenvalue weighted by molar-refractivity contribution is 5.27. The third-order valence-corrected chi connectivity index (χ3v) is 4.12. The van der Waals surface area contributed by atoms with Crippen molar-refractivity contribution in [2.45, 2.75) is 44.8 Å². The number of ether oxygens (including phenoxy) is 2. The van der Waals surface area contributed by atoms with Crippen LogP contribution in [0.1, 0.15) is 31.7 Å². The van der Waals surface area contributed by atoms with E-state index in [1.165, 1.54) is 18.4 Å². The van der Waals surface area contributed by atoms with Crippen LogP contribution in [0.25, 0.3) is 0 Å². The summed E-state index contributed by atoms with van der Waals surface area (Å²) in [6, 6.07) is 8.82. The minimum Gasteiger partial charge on any atom is -0.497 e. The van der Waals surface area contributed by atoms with Crippen LogP contribution < -0.4 is 10.1 Å². The molecule has 0 saturated heterocycles. The molecule has 1 aliphatic carbocycles. The highest BCUT2D eigenvalue weighted by Crippen LogP contribution is 2.36. The zero-order chi connectivity index (χ0) is 14.4. The number of rotatable bonds is 9. The number of hydrogen-bond acceptors (Lipinski definition) is 3. The Bertz CT molecular complexity index is 386. The summed E-state index contributed by atoms with van der Waals surface area (Å²) in [5, 5.41) is 3.45. The Morgan fingerprint density at radius 1 is 1.25 bits per heavy atom. The summed E-state index contributed by atoms with van der Waals surface area (Å²) in [5.41, 5.74) is 1.36. The van der Waals surface area contributed by atoms with E-state index < -0.39 is 0 Å². The van der Waals surface area contributed by atoms with Crippen molar-refractivity contribution in [3.05, 3.63) is 29.8 Å². The first-order valence-electron chi connectivity index (χ1n) is 7.70. The van der Waals surface area contributed by atoms with Gasteiger partial charge in [0, 0.05) is 12.6 Å². The molecule has 1 fully saturated rings. The van der Waals surface area contributed by atoms with Crippen molar-refractivity contribution in [3.8, 4) is 5.75 Å². The van der Waals surface area contributed by atoms with Gasteiger partial charge in [0.1, 0.15) is 5.75 Å². The van der Waals surface area contributed by atoms with Gasteiger partial charge in [-0.1, -0.05) is 12.1 Å². The molecular formula is C17H27NO2. The molecule has 0 amide bonds. The van der Waals surface area contributed by atoms with E-state index in [9.17, 15) is 0 Å². The van der Waals surface area contributed by atoms with E-state index in [2.05, 4.69) is 24.4 Å². The standard InChI is InChI=1S/C17H27NO2/c1-4-20-17(14-8-9-14)16(18-2)12-7-13-5-10-15(19-3)11-6-13/h5-6,10-11,14,16-18H,4,7-9,12H2,1-3H3. The lowest BCUT2D eigenvalue weighted by Crippen LogP contribution is -2.41. The second-order valence-electron chi connectivity index (χ2n) is 5.54. The quantitative estimate of drug-likeness (QED) is 0.752. The molecule has 0 aromatic heterocycles. The first kappa shape index (κ1) is 15.3. The lowest BCUT2D eigenvalue weighted by molar-refractivity contribution is 0.0190. The molecule has 0 spiro atoms. The smallest absolute Gasteiger partial charge is 0.118 e. The number of nitrogens with one attached hydrogen (secondary N) is 1. The van der Waals surface area contributed by atoms with Crippen molar-refractivity contribution in [1.82, 2.24) is 5.32 Å². The highest BCUT2D eigenvalue weighted by atomic mass is 16.5. The van der Waals surface area contributed by atoms with Crippen LogP contribution in [-0.2, 0) is 11.2 Å². The van der Waals surface area contributed by atoms with Crippen LogP contribution in [0, 0.1) is 5.92 Å². The Kier molecular flexibility index (Phi) is 5.86. The summed E-state index contributed by atoms with van der Waals surface area (Å²) in [4.78, 5) is 0. The maximum Gasteiger partial charge on any atom is 0.118 e. The van der Waals surface area contributed by atoms with Gasteiger partial charge in [-0.15, -0.1) is 0 Å². The van der Waals surface area contributed by atoms with Gasteiger partial charge in [-0.2, -0.15) is 0 Å². The Hall–Kier alpha value is -1.06. The van der Waals surface area contributed by atoms with Gasteiger partial charge in [0.25, 0.3) is 0 Å². The third kappa shape index (κ3) is 4.22. The van der Waals surface area contributed by atoms with Gasteiger partial charge in [0.2, 0.25) is 0 Å². The lowest BCUT2D eigenvalue weighted by Gasteiger charge is -2.27. The van der Waals surface area contributed by atoms with E-state index in [4.69, 9.17) is 9.47 Å². The lowest BCUT2D eigenvalue weighted by atomic mass is 9.98. The monoisotopic (exact) mass is 277 g/mol. The molecule has 1 aromatic rings. The molecular weight excluding hydrogens is 250 g/mol. The zero-order valence-electron chi connectivity index (χ0n) is 12.9. The van der Waals surface area contributed by atoms with Gasteiger partial charge in [-0.3, -0.25) is 0 Å². The van der Waals surface area contributed by atoms with E-state index in [0.717, 1.165) is 31.1 Å². The van der Waals surface area contributed by atoms with Crippen molar-refractivity contribution in [2.75, 3.05) is 20.8 Å². The Balaban J connectivity index is 1.88. The summed E-state index contributed by atoms with van der Waals surface area (Å²) >= 11 is 0. The topological polar surface area (TPSA) is 30.5 Å². The van der Waals surface area contributed by atoms with E-state index >= 15 is 0 Å². The minimum atomic E-state index is 0.378. The first-order valence-corrected chi connectivity index (χ1v) is 7.70. The number of likely N-dealkylation sites (N-methyl/N-ethyl adjacent to an activating group) is 1.